The predicted molar refractivity (Wildman–Crippen MR) is 73.7 cm³/mol. The zero-order chi connectivity index (χ0) is 13.3. The van der Waals surface area contributed by atoms with Gasteiger partial charge in [0.2, 0.25) is 0 Å². The molecular formula is C13H12BrF2NS. The van der Waals surface area contributed by atoms with Crippen LogP contribution in [0.3, 0.4) is 0 Å². The van der Waals surface area contributed by atoms with Gasteiger partial charge in [-0.05, 0) is 46.6 Å². The van der Waals surface area contributed by atoms with Crippen LogP contribution >= 0.6 is 27.3 Å². The van der Waals surface area contributed by atoms with Crippen molar-refractivity contribution >= 4 is 27.3 Å². The average Bonchev–Trinajstić information content (AvgIpc) is 2.70. The minimum Gasteiger partial charge on any atom is -0.323 e. The van der Waals surface area contributed by atoms with Gasteiger partial charge in [0.25, 0.3) is 0 Å². The van der Waals surface area contributed by atoms with Crippen LogP contribution in [-0.4, -0.2) is 0 Å². The van der Waals surface area contributed by atoms with E-state index in [0.29, 0.717) is 12.0 Å². The number of thiophene rings is 1. The van der Waals surface area contributed by atoms with Gasteiger partial charge >= 0.3 is 0 Å². The third-order valence-electron chi connectivity index (χ3n) is 2.74. The van der Waals surface area contributed by atoms with Gasteiger partial charge in [0.1, 0.15) is 11.6 Å². The van der Waals surface area contributed by atoms with Crippen molar-refractivity contribution in [3.05, 3.63) is 55.7 Å². The highest BCUT2D eigenvalue weighted by atomic mass is 79.9. The van der Waals surface area contributed by atoms with Crippen molar-refractivity contribution in [3.8, 4) is 0 Å². The molecular weight excluding hydrogens is 320 g/mol. The van der Waals surface area contributed by atoms with E-state index in [-0.39, 0.29) is 5.56 Å². The highest BCUT2D eigenvalue weighted by Crippen LogP contribution is 2.28. The second-order valence-electron chi connectivity index (χ2n) is 4.11. The second kappa shape index (κ2) is 5.47. The SMILES string of the molecule is Cc1ccc(F)c(C(N)Cc2ccc(Br)s2)c1F. The van der Waals surface area contributed by atoms with Crippen LogP contribution in [0.15, 0.2) is 28.1 Å². The molecule has 0 amide bonds. The predicted octanol–water partition coefficient (Wildman–Crippen LogP) is 4.34. The second-order valence-corrected chi connectivity index (χ2v) is 6.66. The van der Waals surface area contributed by atoms with Crippen LogP contribution in [0.4, 0.5) is 8.78 Å². The van der Waals surface area contributed by atoms with Crippen LogP contribution in [0.5, 0.6) is 0 Å². The number of hydrogen-bond donors (Lipinski definition) is 1. The van der Waals surface area contributed by atoms with Gasteiger partial charge in [-0.1, -0.05) is 6.07 Å². The number of benzene rings is 1. The number of nitrogens with two attached hydrogens (primary N) is 1. The summed E-state index contributed by atoms with van der Waals surface area (Å²) in [6.45, 7) is 1.60. The molecule has 0 fully saturated rings. The zero-order valence-corrected chi connectivity index (χ0v) is 12.1. The minimum absolute atomic E-state index is 0.0282. The molecule has 0 aliphatic rings. The van der Waals surface area contributed by atoms with E-state index in [1.807, 2.05) is 12.1 Å². The molecule has 0 bridgehead atoms. The van der Waals surface area contributed by atoms with Gasteiger partial charge in [0.05, 0.1) is 3.79 Å². The molecule has 18 heavy (non-hydrogen) atoms. The van der Waals surface area contributed by atoms with Crippen molar-refractivity contribution in [2.45, 2.75) is 19.4 Å². The molecule has 0 aliphatic heterocycles. The van der Waals surface area contributed by atoms with Crippen LogP contribution in [0.1, 0.15) is 22.0 Å². The van der Waals surface area contributed by atoms with Crippen molar-refractivity contribution < 1.29 is 8.78 Å². The van der Waals surface area contributed by atoms with E-state index in [2.05, 4.69) is 15.9 Å². The maximum absolute atomic E-state index is 13.9. The van der Waals surface area contributed by atoms with Crippen LogP contribution < -0.4 is 5.73 Å². The highest BCUT2D eigenvalue weighted by molar-refractivity contribution is 9.11. The van der Waals surface area contributed by atoms with E-state index >= 15 is 0 Å². The topological polar surface area (TPSA) is 26.0 Å². The largest absolute Gasteiger partial charge is 0.323 e. The summed E-state index contributed by atoms with van der Waals surface area (Å²) in [5, 5.41) is 0. The Labute approximate surface area is 117 Å². The number of hydrogen-bond acceptors (Lipinski definition) is 2. The summed E-state index contributed by atoms with van der Waals surface area (Å²) in [4.78, 5) is 0.995. The summed E-state index contributed by atoms with van der Waals surface area (Å²) in [7, 11) is 0. The Balaban J connectivity index is 2.28. The maximum Gasteiger partial charge on any atom is 0.133 e. The van der Waals surface area contributed by atoms with Crippen LogP contribution in [0, 0.1) is 18.6 Å². The summed E-state index contributed by atoms with van der Waals surface area (Å²) in [6.07, 6.45) is 0.424. The Morgan fingerprint density at radius 3 is 2.61 bits per heavy atom. The first-order valence-electron chi connectivity index (χ1n) is 5.43. The molecule has 0 saturated carbocycles. The quantitative estimate of drug-likeness (QED) is 0.889. The third kappa shape index (κ3) is 2.79. The van der Waals surface area contributed by atoms with Gasteiger partial charge in [0, 0.05) is 22.9 Å². The molecule has 5 heteroatoms. The van der Waals surface area contributed by atoms with E-state index in [4.69, 9.17) is 5.73 Å². The Hall–Kier alpha value is -0.780. The van der Waals surface area contributed by atoms with Gasteiger partial charge in [-0.3, -0.25) is 0 Å². The first kappa shape index (κ1) is 13.6. The monoisotopic (exact) mass is 331 g/mol. The van der Waals surface area contributed by atoms with Crippen molar-refractivity contribution in [2.24, 2.45) is 5.73 Å². The van der Waals surface area contributed by atoms with Crippen molar-refractivity contribution in [1.82, 2.24) is 0 Å². The lowest BCUT2D eigenvalue weighted by atomic mass is 10.00. The van der Waals surface area contributed by atoms with Gasteiger partial charge < -0.3 is 5.73 Å². The van der Waals surface area contributed by atoms with Crippen molar-refractivity contribution in [3.63, 3.8) is 0 Å². The molecule has 1 heterocycles. The standard InChI is InChI=1S/C13H12BrF2NS/c1-7-2-4-9(15)12(13(7)16)10(17)6-8-3-5-11(14)18-8/h2-5,10H,6,17H2,1H3. The van der Waals surface area contributed by atoms with Crippen molar-refractivity contribution in [2.75, 3.05) is 0 Å². The van der Waals surface area contributed by atoms with Crippen molar-refractivity contribution in [1.29, 1.82) is 0 Å². The fourth-order valence-electron chi connectivity index (χ4n) is 1.80. The lowest BCUT2D eigenvalue weighted by molar-refractivity contribution is 0.521. The van der Waals surface area contributed by atoms with E-state index < -0.39 is 17.7 Å². The molecule has 1 unspecified atom stereocenters. The summed E-state index contributed by atoms with van der Waals surface area (Å²) in [5.74, 6) is -1.13. The molecule has 0 spiro atoms. The van der Waals surface area contributed by atoms with Gasteiger partial charge in [-0.2, -0.15) is 0 Å². The molecule has 1 aromatic heterocycles. The Morgan fingerprint density at radius 2 is 2.00 bits per heavy atom. The molecule has 2 N–H and O–H groups in total. The molecule has 1 atom stereocenters. The first-order chi connectivity index (χ1) is 8.49. The van der Waals surface area contributed by atoms with Gasteiger partial charge in [-0.15, -0.1) is 11.3 Å². The molecule has 0 saturated heterocycles. The van der Waals surface area contributed by atoms with Crippen LogP contribution in [0.2, 0.25) is 0 Å². The summed E-state index contributed by atoms with van der Waals surface area (Å²) >= 11 is 4.87. The lowest BCUT2D eigenvalue weighted by Crippen LogP contribution is -2.17. The Bertz CT molecular complexity index is 568. The smallest absolute Gasteiger partial charge is 0.133 e. The number of halogens is 3. The fourth-order valence-corrected chi connectivity index (χ4v) is 3.34. The molecule has 2 aromatic rings. The molecule has 1 nitrogen and oxygen atoms in total. The molecule has 96 valence electrons. The van der Waals surface area contributed by atoms with E-state index in [1.54, 1.807) is 6.92 Å². The van der Waals surface area contributed by atoms with Crippen LogP contribution in [0.25, 0.3) is 0 Å². The average molecular weight is 332 g/mol. The fraction of sp³-hybridized carbons (Fsp3) is 0.231. The Kier molecular flexibility index (Phi) is 4.14. The van der Waals surface area contributed by atoms with Crippen LogP contribution in [-0.2, 0) is 6.42 Å². The molecule has 0 radical (unpaired) electrons. The number of rotatable bonds is 3. The summed E-state index contributed by atoms with van der Waals surface area (Å²) in [5.41, 5.74) is 6.30. The minimum atomic E-state index is -0.671. The summed E-state index contributed by atoms with van der Waals surface area (Å²) in [6, 6.07) is 5.81. The molecule has 2 rings (SSSR count). The maximum atomic E-state index is 13.9. The Morgan fingerprint density at radius 1 is 1.28 bits per heavy atom. The van der Waals surface area contributed by atoms with E-state index in [1.165, 1.54) is 23.5 Å². The summed E-state index contributed by atoms with van der Waals surface area (Å²) < 4.78 is 28.5. The first-order valence-corrected chi connectivity index (χ1v) is 7.04. The van der Waals surface area contributed by atoms with Gasteiger partial charge in [-0.25, -0.2) is 8.78 Å². The highest BCUT2D eigenvalue weighted by Gasteiger charge is 2.19. The zero-order valence-electron chi connectivity index (χ0n) is 9.71. The molecule has 0 aliphatic carbocycles. The lowest BCUT2D eigenvalue weighted by Gasteiger charge is -2.14. The normalized spacial score (nSPS) is 12.7. The van der Waals surface area contributed by atoms with E-state index in [0.717, 1.165) is 8.66 Å². The van der Waals surface area contributed by atoms with Gasteiger partial charge in [0.15, 0.2) is 0 Å². The molecule has 1 aromatic carbocycles. The third-order valence-corrected chi connectivity index (χ3v) is 4.39. The number of aryl methyl sites for hydroxylation is 1. The van der Waals surface area contributed by atoms with E-state index in [9.17, 15) is 8.78 Å².